The number of benzene rings is 1. The molecular weight excluding hydrogens is 176 g/mol. The predicted molar refractivity (Wildman–Crippen MR) is 57.2 cm³/mol. The summed E-state index contributed by atoms with van der Waals surface area (Å²) < 4.78 is 0. The Balaban J connectivity index is 2.94. The summed E-state index contributed by atoms with van der Waals surface area (Å²) in [6, 6.07) is 7.47. The molecule has 0 aliphatic heterocycles. The van der Waals surface area contributed by atoms with Crippen molar-refractivity contribution in [3.63, 3.8) is 0 Å². The SMILES string of the molecule is C=C(C(=O)O)c1ccc(C(C)C)cc1. The molecule has 74 valence electrons. The van der Waals surface area contributed by atoms with Gasteiger partial charge in [0.25, 0.3) is 0 Å². The molecule has 0 aliphatic rings. The maximum absolute atomic E-state index is 10.6. The van der Waals surface area contributed by atoms with E-state index in [-0.39, 0.29) is 5.57 Å². The molecule has 2 heteroatoms. The summed E-state index contributed by atoms with van der Waals surface area (Å²) in [6.07, 6.45) is 0. The van der Waals surface area contributed by atoms with Gasteiger partial charge in [0.05, 0.1) is 5.57 Å². The van der Waals surface area contributed by atoms with Crippen LogP contribution in [0, 0.1) is 0 Å². The molecule has 0 spiro atoms. The maximum atomic E-state index is 10.6. The topological polar surface area (TPSA) is 37.3 Å². The lowest BCUT2D eigenvalue weighted by molar-refractivity contribution is -0.130. The van der Waals surface area contributed by atoms with E-state index in [1.165, 1.54) is 5.56 Å². The van der Waals surface area contributed by atoms with E-state index in [0.29, 0.717) is 11.5 Å². The van der Waals surface area contributed by atoms with Crippen molar-refractivity contribution in [3.8, 4) is 0 Å². The Hall–Kier alpha value is -1.57. The minimum absolute atomic E-state index is 0.139. The molecule has 1 N–H and O–H groups in total. The van der Waals surface area contributed by atoms with E-state index < -0.39 is 5.97 Å². The van der Waals surface area contributed by atoms with Crippen LogP contribution in [0.4, 0.5) is 0 Å². The Labute approximate surface area is 83.9 Å². The molecule has 0 radical (unpaired) electrons. The van der Waals surface area contributed by atoms with Crippen LogP contribution in [0.3, 0.4) is 0 Å². The highest BCUT2D eigenvalue weighted by atomic mass is 16.4. The van der Waals surface area contributed by atoms with Crippen molar-refractivity contribution in [1.29, 1.82) is 0 Å². The normalized spacial score (nSPS) is 10.2. The molecule has 0 unspecified atom stereocenters. The summed E-state index contributed by atoms with van der Waals surface area (Å²) in [5.74, 6) is -0.510. The molecule has 1 aromatic carbocycles. The molecule has 1 aromatic rings. The van der Waals surface area contributed by atoms with Gasteiger partial charge in [-0.1, -0.05) is 44.7 Å². The Morgan fingerprint density at radius 3 is 2.14 bits per heavy atom. The molecule has 0 aliphatic carbocycles. The summed E-state index contributed by atoms with van der Waals surface area (Å²) in [4.78, 5) is 10.6. The largest absolute Gasteiger partial charge is 0.478 e. The highest BCUT2D eigenvalue weighted by Crippen LogP contribution is 2.18. The summed E-state index contributed by atoms with van der Waals surface area (Å²) >= 11 is 0. The van der Waals surface area contributed by atoms with Crippen LogP contribution in [0.1, 0.15) is 30.9 Å². The average Bonchev–Trinajstić information content (AvgIpc) is 2.16. The Kier molecular flexibility index (Phi) is 3.07. The summed E-state index contributed by atoms with van der Waals surface area (Å²) in [5, 5.41) is 8.71. The first-order chi connectivity index (χ1) is 6.52. The molecule has 14 heavy (non-hydrogen) atoms. The lowest BCUT2D eigenvalue weighted by Gasteiger charge is -2.06. The van der Waals surface area contributed by atoms with Crippen molar-refractivity contribution in [1.82, 2.24) is 0 Å². The van der Waals surface area contributed by atoms with Gasteiger partial charge in [-0.3, -0.25) is 0 Å². The van der Waals surface area contributed by atoms with Crippen molar-refractivity contribution in [2.24, 2.45) is 0 Å². The Bertz CT molecular complexity index is 347. The molecule has 2 nitrogen and oxygen atoms in total. The van der Waals surface area contributed by atoms with Gasteiger partial charge in [0, 0.05) is 0 Å². The van der Waals surface area contributed by atoms with E-state index in [1.54, 1.807) is 12.1 Å². The van der Waals surface area contributed by atoms with E-state index in [1.807, 2.05) is 12.1 Å². The van der Waals surface area contributed by atoms with Gasteiger partial charge in [-0.05, 0) is 17.0 Å². The summed E-state index contributed by atoms with van der Waals surface area (Å²) in [5.41, 5.74) is 2.01. The van der Waals surface area contributed by atoms with Crippen molar-refractivity contribution >= 4 is 11.5 Å². The molecular formula is C12H14O2. The Morgan fingerprint density at radius 2 is 1.79 bits per heavy atom. The van der Waals surface area contributed by atoms with Crippen LogP contribution in [0.5, 0.6) is 0 Å². The quantitative estimate of drug-likeness (QED) is 0.744. The lowest BCUT2D eigenvalue weighted by atomic mass is 9.99. The van der Waals surface area contributed by atoms with E-state index in [2.05, 4.69) is 20.4 Å². The van der Waals surface area contributed by atoms with E-state index in [0.717, 1.165) is 0 Å². The van der Waals surface area contributed by atoms with Gasteiger partial charge in [0.15, 0.2) is 0 Å². The zero-order valence-corrected chi connectivity index (χ0v) is 8.45. The number of carboxylic acids is 1. The highest BCUT2D eigenvalue weighted by molar-refractivity contribution is 6.14. The second kappa shape index (κ2) is 4.09. The van der Waals surface area contributed by atoms with Crippen LogP contribution in [0.2, 0.25) is 0 Å². The number of carboxylic acid groups (broad SMARTS) is 1. The van der Waals surface area contributed by atoms with Crippen LogP contribution >= 0.6 is 0 Å². The fourth-order valence-electron chi connectivity index (χ4n) is 1.19. The number of carbonyl (C=O) groups is 1. The number of aliphatic carboxylic acids is 1. The Morgan fingerprint density at radius 1 is 1.29 bits per heavy atom. The van der Waals surface area contributed by atoms with Gasteiger partial charge in [0.2, 0.25) is 0 Å². The van der Waals surface area contributed by atoms with E-state index in [4.69, 9.17) is 5.11 Å². The predicted octanol–water partition coefficient (Wildman–Crippen LogP) is 2.91. The molecule has 0 saturated heterocycles. The summed E-state index contributed by atoms with van der Waals surface area (Å²) in [6.45, 7) is 7.70. The monoisotopic (exact) mass is 190 g/mol. The molecule has 0 amide bonds. The fraction of sp³-hybridized carbons (Fsp3) is 0.250. The third-order valence-electron chi connectivity index (χ3n) is 2.18. The smallest absolute Gasteiger partial charge is 0.335 e. The third kappa shape index (κ3) is 2.22. The second-order valence-corrected chi connectivity index (χ2v) is 3.56. The minimum Gasteiger partial charge on any atom is -0.478 e. The maximum Gasteiger partial charge on any atom is 0.335 e. The first-order valence-corrected chi connectivity index (χ1v) is 4.55. The van der Waals surface area contributed by atoms with Crippen molar-refractivity contribution in [3.05, 3.63) is 42.0 Å². The molecule has 0 saturated carbocycles. The first kappa shape index (κ1) is 10.5. The summed E-state index contributed by atoms with van der Waals surface area (Å²) in [7, 11) is 0. The fourth-order valence-corrected chi connectivity index (χ4v) is 1.19. The zero-order chi connectivity index (χ0) is 10.7. The van der Waals surface area contributed by atoms with Crippen LogP contribution in [-0.4, -0.2) is 11.1 Å². The molecule has 0 atom stereocenters. The minimum atomic E-state index is -0.970. The van der Waals surface area contributed by atoms with Gasteiger partial charge in [-0.2, -0.15) is 0 Å². The molecule has 0 aromatic heterocycles. The standard InChI is InChI=1S/C12H14O2/c1-8(2)10-4-6-11(7-5-10)9(3)12(13)14/h4-8H,3H2,1-2H3,(H,13,14). The van der Waals surface area contributed by atoms with Crippen molar-refractivity contribution in [2.45, 2.75) is 19.8 Å². The van der Waals surface area contributed by atoms with Gasteiger partial charge in [-0.25, -0.2) is 4.79 Å². The van der Waals surface area contributed by atoms with Crippen LogP contribution in [0.15, 0.2) is 30.8 Å². The van der Waals surface area contributed by atoms with Crippen LogP contribution < -0.4 is 0 Å². The van der Waals surface area contributed by atoms with Crippen molar-refractivity contribution in [2.75, 3.05) is 0 Å². The average molecular weight is 190 g/mol. The lowest BCUT2D eigenvalue weighted by Crippen LogP contribution is -1.98. The molecule has 0 bridgehead atoms. The molecule has 1 rings (SSSR count). The van der Waals surface area contributed by atoms with E-state index >= 15 is 0 Å². The van der Waals surface area contributed by atoms with Crippen LogP contribution in [0.25, 0.3) is 5.57 Å². The number of rotatable bonds is 3. The second-order valence-electron chi connectivity index (χ2n) is 3.56. The number of hydrogen-bond acceptors (Lipinski definition) is 1. The number of hydrogen-bond donors (Lipinski definition) is 1. The van der Waals surface area contributed by atoms with E-state index in [9.17, 15) is 4.79 Å². The zero-order valence-electron chi connectivity index (χ0n) is 8.45. The van der Waals surface area contributed by atoms with Gasteiger partial charge < -0.3 is 5.11 Å². The molecule has 0 fully saturated rings. The van der Waals surface area contributed by atoms with Crippen molar-refractivity contribution < 1.29 is 9.90 Å². The highest BCUT2D eigenvalue weighted by Gasteiger charge is 2.07. The van der Waals surface area contributed by atoms with Gasteiger partial charge in [0.1, 0.15) is 0 Å². The third-order valence-corrected chi connectivity index (χ3v) is 2.18. The van der Waals surface area contributed by atoms with Gasteiger partial charge in [-0.15, -0.1) is 0 Å². The first-order valence-electron chi connectivity index (χ1n) is 4.55. The molecule has 0 heterocycles. The van der Waals surface area contributed by atoms with Gasteiger partial charge >= 0.3 is 5.97 Å². The van der Waals surface area contributed by atoms with Crippen LogP contribution in [-0.2, 0) is 4.79 Å².